The minimum Gasteiger partial charge on any atom is -0.497 e. The molecule has 6 nitrogen and oxygen atoms in total. The number of nitrogens with one attached hydrogen (secondary N) is 1. The summed E-state index contributed by atoms with van der Waals surface area (Å²) in [6.07, 6.45) is 1.64. The highest BCUT2D eigenvalue weighted by molar-refractivity contribution is 6.30. The van der Waals surface area contributed by atoms with Gasteiger partial charge in [0.05, 0.1) is 20.8 Å². The molecule has 30 heavy (non-hydrogen) atoms. The second-order valence-electron chi connectivity index (χ2n) is 6.77. The molecule has 3 aromatic carbocycles. The van der Waals surface area contributed by atoms with Gasteiger partial charge in [-0.25, -0.2) is 4.79 Å². The minimum absolute atomic E-state index is 0.152. The molecule has 0 spiro atoms. The molecule has 4 rings (SSSR count). The van der Waals surface area contributed by atoms with E-state index < -0.39 is 11.9 Å². The summed E-state index contributed by atoms with van der Waals surface area (Å²) in [7, 11) is 3.15. The van der Waals surface area contributed by atoms with Crippen molar-refractivity contribution in [2.24, 2.45) is 0 Å². The fourth-order valence-electron chi connectivity index (χ4n) is 3.39. The van der Waals surface area contributed by atoms with E-state index in [4.69, 9.17) is 21.1 Å². The Hall–Kier alpha value is -3.51. The van der Waals surface area contributed by atoms with Gasteiger partial charge in [0, 0.05) is 10.6 Å². The van der Waals surface area contributed by atoms with E-state index in [2.05, 4.69) is 5.32 Å². The highest BCUT2D eigenvalue weighted by Gasteiger charge is 2.33. The van der Waals surface area contributed by atoms with Crippen molar-refractivity contribution in [1.82, 2.24) is 10.2 Å². The molecule has 1 heterocycles. The zero-order chi connectivity index (χ0) is 21.3. The molecule has 0 aromatic heterocycles. The third-order valence-electron chi connectivity index (χ3n) is 4.96. The lowest BCUT2D eigenvalue weighted by Crippen LogP contribution is -2.30. The van der Waals surface area contributed by atoms with Crippen LogP contribution in [0.15, 0.2) is 60.3 Å². The van der Waals surface area contributed by atoms with E-state index in [-0.39, 0.29) is 12.2 Å². The molecule has 0 unspecified atom stereocenters. The van der Waals surface area contributed by atoms with Crippen molar-refractivity contribution < 1.29 is 19.1 Å². The molecule has 1 fully saturated rings. The van der Waals surface area contributed by atoms with Crippen LogP contribution in [0.2, 0.25) is 5.02 Å². The number of methoxy groups -OCH3 is 2. The summed E-state index contributed by atoms with van der Waals surface area (Å²) in [6.45, 7) is 0.152. The van der Waals surface area contributed by atoms with Gasteiger partial charge in [0.2, 0.25) is 0 Å². The Morgan fingerprint density at radius 3 is 2.43 bits per heavy atom. The Morgan fingerprint density at radius 2 is 1.73 bits per heavy atom. The number of imide groups is 1. The number of ether oxygens (including phenoxy) is 2. The first-order valence-corrected chi connectivity index (χ1v) is 9.61. The van der Waals surface area contributed by atoms with Gasteiger partial charge < -0.3 is 14.8 Å². The van der Waals surface area contributed by atoms with Crippen molar-refractivity contribution >= 4 is 40.4 Å². The van der Waals surface area contributed by atoms with Crippen molar-refractivity contribution in [3.8, 4) is 11.5 Å². The number of hydrogen-bond acceptors (Lipinski definition) is 4. The summed E-state index contributed by atoms with van der Waals surface area (Å²) >= 11 is 5.91. The van der Waals surface area contributed by atoms with Crippen LogP contribution in [0.25, 0.3) is 16.8 Å². The van der Waals surface area contributed by atoms with E-state index in [1.54, 1.807) is 44.6 Å². The van der Waals surface area contributed by atoms with Crippen LogP contribution in [0.4, 0.5) is 4.79 Å². The second-order valence-corrected chi connectivity index (χ2v) is 7.21. The van der Waals surface area contributed by atoms with Gasteiger partial charge in [0.25, 0.3) is 5.91 Å². The average Bonchev–Trinajstić information content (AvgIpc) is 3.02. The molecule has 1 aliphatic heterocycles. The lowest BCUT2D eigenvalue weighted by Gasteiger charge is -2.12. The molecular formula is C23H19ClN2O4. The van der Waals surface area contributed by atoms with E-state index in [1.807, 2.05) is 30.3 Å². The molecule has 0 atom stereocenters. The predicted octanol–water partition coefficient (Wildman–Crippen LogP) is 4.60. The highest BCUT2D eigenvalue weighted by atomic mass is 35.5. The Bertz CT molecular complexity index is 1170. The summed E-state index contributed by atoms with van der Waals surface area (Å²) in [5.41, 5.74) is 1.67. The zero-order valence-corrected chi connectivity index (χ0v) is 17.2. The molecule has 3 amide bonds. The molecule has 0 radical (unpaired) electrons. The Balaban J connectivity index is 1.72. The van der Waals surface area contributed by atoms with Gasteiger partial charge >= 0.3 is 6.03 Å². The van der Waals surface area contributed by atoms with Gasteiger partial charge in [0.1, 0.15) is 17.2 Å². The molecule has 3 aromatic rings. The lowest BCUT2D eigenvalue weighted by atomic mass is 10.0. The maximum absolute atomic E-state index is 12.9. The van der Waals surface area contributed by atoms with Crippen LogP contribution in [0.3, 0.4) is 0 Å². The number of amides is 3. The minimum atomic E-state index is -0.474. The number of carbonyl (C=O) groups excluding carboxylic acids is 2. The summed E-state index contributed by atoms with van der Waals surface area (Å²) < 4.78 is 10.8. The summed E-state index contributed by atoms with van der Waals surface area (Å²) in [6, 6.07) is 16.0. The second kappa shape index (κ2) is 8.08. The summed E-state index contributed by atoms with van der Waals surface area (Å²) in [5, 5.41) is 5.06. The van der Waals surface area contributed by atoms with E-state index in [0.29, 0.717) is 22.1 Å². The molecule has 7 heteroatoms. The SMILES string of the molecule is COc1ccc2ccc(OC)c(/C=C3/NC(=O)N(Cc4ccc(Cl)cc4)C3=O)c2c1. The fraction of sp³-hybridized carbons (Fsp3) is 0.130. The molecule has 0 aliphatic carbocycles. The van der Waals surface area contributed by atoms with Gasteiger partial charge in [-0.05, 0) is 52.7 Å². The maximum Gasteiger partial charge on any atom is 0.329 e. The molecule has 152 valence electrons. The quantitative estimate of drug-likeness (QED) is 0.482. The number of hydrogen-bond donors (Lipinski definition) is 1. The van der Waals surface area contributed by atoms with Crippen LogP contribution in [0, 0.1) is 0 Å². The van der Waals surface area contributed by atoms with Crippen molar-refractivity contribution in [1.29, 1.82) is 0 Å². The van der Waals surface area contributed by atoms with Crippen molar-refractivity contribution in [2.75, 3.05) is 14.2 Å². The van der Waals surface area contributed by atoms with Gasteiger partial charge in [0.15, 0.2) is 0 Å². The average molecular weight is 423 g/mol. The Kier molecular flexibility index (Phi) is 5.33. The number of rotatable bonds is 5. The first kappa shape index (κ1) is 19.8. The highest BCUT2D eigenvalue weighted by Crippen LogP contribution is 2.33. The molecule has 0 bridgehead atoms. The van der Waals surface area contributed by atoms with Crippen molar-refractivity contribution in [3.63, 3.8) is 0 Å². The van der Waals surface area contributed by atoms with E-state index >= 15 is 0 Å². The maximum atomic E-state index is 12.9. The summed E-state index contributed by atoms with van der Waals surface area (Å²) in [4.78, 5) is 26.5. The smallest absolute Gasteiger partial charge is 0.329 e. The lowest BCUT2D eigenvalue weighted by molar-refractivity contribution is -0.123. The largest absolute Gasteiger partial charge is 0.497 e. The number of nitrogens with zero attached hydrogens (tertiary/aromatic N) is 1. The van der Waals surface area contributed by atoms with Gasteiger partial charge in [-0.1, -0.05) is 35.9 Å². The van der Waals surface area contributed by atoms with Crippen LogP contribution in [-0.2, 0) is 11.3 Å². The van der Waals surface area contributed by atoms with Gasteiger partial charge in [-0.2, -0.15) is 0 Å². The number of fused-ring (bicyclic) bond motifs is 1. The third-order valence-corrected chi connectivity index (χ3v) is 5.21. The van der Waals surface area contributed by atoms with Crippen molar-refractivity contribution in [2.45, 2.75) is 6.54 Å². The predicted molar refractivity (Wildman–Crippen MR) is 116 cm³/mol. The topological polar surface area (TPSA) is 67.9 Å². The first-order valence-electron chi connectivity index (χ1n) is 9.24. The van der Waals surface area contributed by atoms with Gasteiger partial charge in [-0.3, -0.25) is 9.69 Å². The Morgan fingerprint density at radius 1 is 1.00 bits per heavy atom. The number of urea groups is 1. The van der Waals surface area contributed by atoms with E-state index in [0.717, 1.165) is 21.2 Å². The van der Waals surface area contributed by atoms with E-state index in [9.17, 15) is 9.59 Å². The van der Waals surface area contributed by atoms with Crippen molar-refractivity contribution in [3.05, 3.63) is 76.4 Å². The monoisotopic (exact) mass is 422 g/mol. The first-order chi connectivity index (χ1) is 14.5. The third kappa shape index (κ3) is 3.69. The summed E-state index contributed by atoms with van der Waals surface area (Å²) in [5.74, 6) is 0.861. The van der Waals surface area contributed by atoms with Crippen LogP contribution in [0.1, 0.15) is 11.1 Å². The molecule has 1 N–H and O–H groups in total. The normalized spacial score (nSPS) is 15.0. The van der Waals surface area contributed by atoms with Crippen LogP contribution in [-0.4, -0.2) is 31.1 Å². The molecule has 1 saturated heterocycles. The standard InChI is InChI=1S/C23H19ClN2O4/c1-29-17-9-5-15-6-10-21(30-2)19(18(15)11-17)12-20-22(27)26(23(28)25-20)13-14-3-7-16(24)8-4-14/h3-12H,13H2,1-2H3,(H,25,28)/b20-12+. The molecular weight excluding hydrogens is 404 g/mol. The molecule has 0 saturated carbocycles. The van der Waals surface area contributed by atoms with Crippen LogP contribution < -0.4 is 14.8 Å². The fourth-order valence-corrected chi connectivity index (χ4v) is 3.51. The number of benzene rings is 3. The van der Waals surface area contributed by atoms with E-state index in [1.165, 1.54) is 0 Å². The number of halogens is 1. The van der Waals surface area contributed by atoms with Crippen LogP contribution >= 0.6 is 11.6 Å². The van der Waals surface area contributed by atoms with Gasteiger partial charge in [-0.15, -0.1) is 0 Å². The zero-order valence-electron chi connectivity index (χ0n) is 16.4. The Labute approximate surface area is 178 Å². The number of carbonyl (C=O) groups is 2. The van der Waals surface area contributed by atoms with Crippen LogP contribution in [0.5, 0.6) is 11.5 Å². The molecule has 1 aliphatic rings.